The number of hydrogen-bond donors (Lipinski definition) is 2. The van der Waals surface area contributed by atoms with E-state index in [-0.39, 0.29) is 18.2 Å². The lowest BCUT2D eigenvalue weighted by Crippen LogP contribution is -2.23. The Kier molecular flexibility index (Phi) is 6.75. The molecule has 0 heterocycles. The summed E-state index contributed by atoms with van der Waals surface area (Å²) in [7, 11) is 1.49. The van der Waals surface area contributed by atoms with Crippen molar-refractivity contribution in [1.29, 1.82) is 0 Å². The second-order valence-electron chi connectivity index (χ2n) is 4.38. The predicted octanol–water partition coefficient (Wildman–Crippen LogP) is 2.85. The number of halogens is 4. The molecule has 3 nitrogen and oxygen atoms in total. The standard InChI is InChI=1S/C13H17ClF3NO2/c1-20-8-11(19)4-5-18-7-9-6-10(13(15,16)17)2-3-12(9)14/h2-3,6,11,18-19H,4-5,7-8H2,1H3. The molecule has 1 aromatic rings. The van der Waals surface area contributed by atoms with Crippen LogP contribution in [0.3, 0.4) is 0 Å². The van der Waals surface area contributed by atoms with Gasteiger partial charge in [-0.15, -0.1) is 0 Å². The summed E-state index contributed by atoms with van der Waals surface area (Å²) >= 11 is 5.86. The summed E-state index contributed by atoms with van der Waals surface area (Å²) in [5.41, 5.74) is -0.346. The third kappa shape index (κ3) is 5.66. The summed E-state index contributed by atoms with van der Waals surface area (Å²) in [6.07, 6.45) is -4.53. The normalized spacial score (nSPS) is 13.5. The fourth-order valence-corrected chi connectivity index (χ4v) is 1.84. The average molecular weight is 312 g/mol. The highest BCUT2D eigenvalue weighted by molar-refractivity contribution is 6.31. The molecule has 0 aromatic heterocycles. The largest absolute Gasteiger partial charge is 0.416 e. The molecule has 0 fully saturated rings. The van der Waals surface area contributed by atoms with Crippen molar-refractivity contribution in [2.75, 3.05) is 20.3 Å². The van der Waals surface area contributed by atoms with Crippen LogP contribution >= 0.6 is 11.6 Å². The molecular weight excluding hydrogens is 295 g/mol. The number of aliphatic hydroxyl groups excluding tert-OH is 1. The van der Waals surface area contributed by atoms with Crippen LogP contribution in [0.2, 0.25) is 5.02 Å². The van der Waals surface area contributed by atoms with Crippen molar-refractivity contribution in [3.8, 4) is 0 Å². The first kappa shape index (κ1) is 17.2. The lowest BCUT2D eigenvalue weighted by molar-refractivity contribution is -0.137. The fourth-order valence-electron chi connectivity index (χ4n) is 1.65. The Morgan fingerprint density at radius 2 is 2.10 bits per heavy atom. The Bertz CT molecular complexity index is 427. The van der Waals surface area contributed by atoms with Crippen LogP contribution in [0, 0.1) is 0 Å². The molecular formula is C13H17ClF3NO2. The van der Waals surface area contributed by atoms with E-state index in [1.807, 2.05) is 0 Å². The Morgan fingerprint density at radius 1 is 1.40 bits per heavy atom. The second-order valence-corrected chi connectivity index (χ2v) is 4.79. The van der Waals surface area contributed by atoms with E-state index < -0.39 is 17.8 Å². The molecule has 0 bridgehead atoms. The van der Waals surface area contributed by atoms with Crippen LogP contribution in [0.4, 0.5) is 13.2 Å². The number of hydrogen-bond acceptors (Lipinski definition) is 3. The van der Waals surface area contributed by atoms with E-state index in [9.17, 15) is 18.3 Å². The number of nitrogens with one attached hydrogen (secondary N) is 1. The Balaban J connectivity index is 2.51. The zero-order valence-corrected chi connectivity index (χ0v) is 11.8. The van der Waals surface area contributed by atoms with Crippen molar-refractivity contribution in [3.05, 3.63) is 34.3 Å². The first-order valence-corrected chi connectivity index (χ1v) is 6.45. The van der Waals surface area contributed by atoms with Crippen LogP contribution in [-0.4, -0.2) is 31.5 Å². The molecule has 1 unspecified atom stereocenters. The molecule has 1 atom stereocenters. The third-order valence-electron chi connectivity index (χ3n) is 2.70. The molecule has 20 heavy (non-hydrogen) atoms. The summed E-state index contributed by atoms with van der Waals surface area (Å²) < 4.78 is 42.5. The van der Waals surface area contributed by atoms with E-state index in [4.69, 9.17) is 16.3 Å². The van der Waals surface area contributed by atoms with Gasteiger partial charge in [-0.2, -0.15) is 13.2 Å². The van der Waals surface area contributed by atoms with Gasteiger partial charge in [0.15, 0.2) is 0 Å². The summed E-state index contributed by atoms with van der Waals surface area (Å²) in [4.78, 5) is 0. The quantitative estimate of drug-likeness (QED) is 0.761. The van der Waals surface area contributed by atoms with Crippen LogP contribution in [0.15, 0.2) is 18.2 Å². The van der Waals surface area contributed by atoms with E-state index in [0.717, 1.165) is 12.1 Å². The van der Waals surface area contributed by atoms with Gasteiger partial charge in [-0.1, -0.05) is 11.6 Å². The van der Waals surface area contributed by atoms with Gasteiger partial charge in [-0.3, -0.25) is 0 Å². The van der Waals surface area contributed by atoms with Gasteiger partial charge >= 0.3 is 6.18 Å². The predicted molar refractivity (Wildman–Crippen MR) is 70.7 cm³/mol. The maximum absolute atomic E-state index is 12.6. The van der Waals surface area contributed by atoms with E-state index in [0.29, 0.717) is 18.5 Å². The summed E-state index contributed by atoms with van der Waals surface area (Å²) in [5, 5.41) is 12.6. The monoisotopic (exact) mass is 311 g/mol. The topological polar surface area (TPSA) is 41.5 Å². The zero-order valence-electron chi connectivity index (χ0n) is 11.0. The highest BCUT2D eigenvalue weighted by Crippen LogP contribution is 2.31. The Hall–Kier alpha value is -0.820. The fraction of sp³-hybridized carbons (Fsp3) is 0.538. The zero-order chi connectivity index (χ0) is 15.2. The van der Waals surface area contributed by atoms with Crippen LogP contribution in [0.1, 0.15) is 17.5 Å². The molecule has 114 valence electrons. The van der Waals surface area contributed by atoms with Gasteiger partial charge in [-0.05, 0) is 36.7 Å². The average Bonchev–Trinajstić information content (AvgIpc) is 2.35. The number of aliphatic hydroxyl groups is 1. The number of alkyl halides is 3. The highest BCUT2D eigenvalue weighted by atomic mass is 35.5. The molecule has 0 aliphatic heterocycles. The minimum Gasteiger partial charge on any atom is -0.391 e. The number of methoxy groups -OCH3 is 1. The molecule has 0 saturated carbocycles. The van der Waals surface area contributed by atoms with Crippen molar-refractivity contribution in [2.24, 2.45) is 0 Å². The number of ether oxygens (including phenoxy) is 1. The lowest BCUT2D eigenvalue weighted by Gasteiger charge is -2.12. The molecule has 0 radical (unpaired) electrons. The third-order valence-corrected chi connectivity index (χ3v) is 3.07. The van der Waals surface area contributed by atoms with E-state index in [1.165, 1.54) is 13.2 Å². The van der Waals surface area contributed by atoms with Crippen LogP contribution in [0.5, 0.6) is 0 Å². The van der Waals surface area contributed by atoms with Crippen LogP contribution in [-0.2, 0) is 17.5 Å². The molecule has 1 aromatic carbocycles. The number of rotatable bonds is 7. The van der Waals surface area contributed by atoms with E-state index >= 15 is 0 Å². The SMILES string of the molecule is COCC(O)CCNCc1cc(C(F)(F)F)ccc1Cl. The second kappa shape index (κ2) is 7.83. The highest BCUT2D eigenvalue weighted by Gasteiger charge is 2.30. The van der Waals surface area contributed by atoms with Crippen LogP contribution < -0.4 is 5.32 Å². The molecule has 0 aliphatic carbocycles. The molecule has 0 saturated heterocycles. The minimum atomic E-state index is -4.38. The van der Waals surface area contributed by atoms with Gasteiger partial charge < -0.3 is 15.2 Å². The maximum atomic E-state index is 12.6. The van der Waals surface area contributed by atoms with E-state index in [1.54, 1.807) is 0 Å². The Morgan fingerprint density at radius 3 is 2.70 bits per heavy atom. The van der Waals surface area contributed by atoms with Crippen molar-refractivity contribution in [2.45, 2.75) is 25.2 Å². The minimum absolute atomic E-state index is 0.211. The smallest absolute Gasteiger partial charge is 0.391 e. The first-order chi connectivity index (χ1) is 9.34. The van der Waals surface area contributed by atoms with Crippen molar-refractivity contribution >= 4 is 11.6 Å². The van der Waals surface area contributed by atoms with Gasteiger partial charge in [0.05, 0.1) is 18.3 Å². The lowest BCUT2D eigenvalue weighted by atomic mass is 10.1. The maximum Gasteiger partial charge on any atom is 0.416 e. The van der Waals surface area contributed by atoms with Crippen LogP contribution in [0.25, 0.3) is 0 Å². The van der Waals surface area contributed by atoms with Gasteiger partial charge in [0, 0.05) is 18.7 Å². The summed E-state index contributed by atoms with van der Waals surface area (Å²) in [5.74, 6) is 0. The van der Waals surface area contributed by atoms with Crippen molar-refractivity contribution in [3.63, 3.8) is 0 Å². The van der Waals surface area contributed by atoms with Crippen molar-refractivity contribution < 1.29 is 23.0 Å². The van der Waals surface area contributed by atoms with Gasteiger partial charge in [0.25, 0.3) is 0 Å². The molecule has 0 amide bonds. The molecule has 7 heteroatoms. The molecule has 0 spiro atoms. The number of benzene rings is 1. The summed E-state index contributed by atoms with van der Waals surface area (Å²) in [6.45, 7) is 0.894. The Labute approximate surface area is 120 Å². The van der Waals surface area contributed by atoms with Gasteiger partial charge in [0.2, 0.25) is 0 Å². The molecule has 0 aliphatic rings. The van der Waals surface area contributed by atoms with E-state index in [2.05, 4.69) is 5.32 Å². The molecule has 2 N–H and O–H groups in total. The first-order valence-electron chi connectivity index (χ1n) is 6.08. The van der Waals surface area contributed by atoms with Gasteiger partial charge in [-0.25, -0.2) is 0 Å². The van der Waals surface area contributed by atoms with Gasteiger partial charge in [0.1, 0.15) is 0 Å². The summed E-state index contributed by atoms with van der Waals surface area (Å²) in [6, 6.07) is 3.22. The van der Waals surface area contributed by atoms with Crippen molar-refractivity contribution in [1.82, 2.24) is 5.32 Å². The molecule has 1 rings (SSSR count).